The van der Waals surface area contributed by atoms with Crippen LogP contribution in [0.3, 0.4) is 0 Å². The van der Waals surface area contributed by atoms with E-state index in [2.05, 4.69) is 29.2 Å². The summed E-state index contributed by atoms with van der Waals surface area (Å²) in [6.45, 7) is 10.5. The second-order valence-corrected chi connectivity index (χ2v) is 7.33. The molecule has 0 aromatic heterocycles. The van der Waals surface area contributed by atoms with Gasteiger partial charge in [-0.05, 0) is 26.3 Å². The van der Waals surface area contributed by atoms with Gasteiger partial charge in [0.2, 0.25) is 0 Å². The van der Waals surface area contributed by atoms with Crippen LogP contribution in [-0.2, 0) is 9.47 Å². The molecule has 0 radical (unpaired) electrons. The molecule has 0 aliphatic carbocycles. The Morgan fingerprint density at radius 2 is 1.75 bits per heavy atom. The minimum absolute atomic E-state index is 0.210. The number of benzene rings is 1. The van der Waals surface area contributed by atoms with Gasteiger partial charge in [-0.1, -0.05) is 30.3 Å². The normalized spacial score (nSPS) is 17.6. The number of nitrogens with zero attached hydrogens (tertiary/aromatic N) is 2. The molecular formula is C19H30N2O3. The van der Waals surface area contributed by atoms with Crippen molar-refractivity contribution in [1.82, 2.24) is 9.80 Å². The summed E-state index contributed by atoms with van der Waals surface area (Å²) >= 11 is 0. The molecular weight excluding hydrogens is 304 g/mol. The number of amides is 1. The van der Waals surface area contributed by atoms with Crippen molar-refractivity contribution in [3.8, 4) is 0 Å². The Morgan fingerprint density at radius 1 is 1.12 bits per heavy atom. The van der Waals surface area contributed by atoms with Crippen LogP contribution in [0.1, 0.15) is 32.3 Å². The Bertz CT molecular complexity index is 505. The van der Waals surface area contributed by atoms with Crippen LogP contribution in [0.2, 0.25) is 0 Å². The molecule has 1 heterocycles. The Balaban J connectivity index is 1.86. The van der Waals surface area contributed by atoms with Crippen LogP contribution in [0.15, 0.2) is 30.3 Å². The van der Waals surface area contributed by atoms with E-state index >= 15 is 0 Å². The number of hydrogen-bond acceptors (Lipinski definition) is 4. The van der Waals surface area contributed by atoms with E-state index in [1.54, 1.807) is 12.0 Å². The number of hydrogen-bond donors (Lipinski definition) is 0. The highest BCUT2D eigenvalue weighted by molar-refractivity contribution is 5.68. The van der Waals surface area contributed by atoms with E-state index in [1.807, 2.05) is 26.8 Å². The van der Waals surface area contributed by atoms with E-state index < -0.39 is 5.60 Å². The summed E-state index contributed by atoms with van der Waals surface area (Å²) in [7, 11) is 1.75. The van der Waals surface area contributed by atoms with Crippen molar-refractivity contribution in [1.29, 1.82) is 0 Å². The van der Waals surface area contributed by atoms with Crippen LogP contribution < -0.4 is 0 Å². The largest absolute Gasteiger partial charge is 0.444 e. The first-order valence-corrected chi connectivity index (χ1v) is 8.63. The molecule has 1 fully saturated rings. The number of methoxy groups -OCH3 is 1. The fraction of sp³-hybridized carbons (Fsp3) is 0.632. The topological polar surface area (TPSA) is 42.0 Å². The molecule has 1 aromatic rings. The summed E-state index contributed by atoms with van der Waals surface area (Å²) in [5.74, 6) is 0.351. The monoisotopic (exact) mass is 334 g/mol. The van der Waals surface area contributed by atoms with Crippen molar-refractivity contribution in [2.75, 3.05) is 46.4 Å². The van der Waals surface area contributed by atoms with Gasteiger partial charge in [0.15, 0.2) is 0 Å². The lowest BCUT2D eigenvalue weighted by atomic mass is 9.99. The first kappa shape index (κ1) is 18.7. The number of carbonyl (C=O) groups excluding carboxylic acids is 1. The Kier molecular flexibility index (Phi) is 6.63. The molecule has 1 amide bonds. The van der Waals surface area contributed by atoms with Crippen LogP contribution in [-0.4, -0.2) is 67.9 Å². The second-order valence-electron chi connectivity index (χ2n) is 7.33. The first-order valence-electron chi connectivity index (χ1n) is 8.63. The van der Waals surface area contributed by atoms with Crippen LogP contribution >= 0.6 is 0 Å². The van der Waals surface area contributed by atoms with E-state index in [1.165, 1.54) is 5.56 Å². The van der Waals surface area contributed by atoms with Crippen molar-refractivity contribution in [3.63, 3.8) is 0 Å². The average Bonchev–Trinajstić information content (AvgIpc) is 2.54. The van der Waals surface area contributed by atoms with Gasteiger partial charge >= 0.3 is 6.09 Å². The predicted molar refractivity (Wildman–Crippen MR) is 95.3 cm³/mol. The quantitative estimate of drug-likeness (QED) is 0.830. The van der Waals surface area contributed by atoms with Crippen LogP contribution in [0.25, 0.3) is 0 Å². The molecule has 2 rings (SSSR count). The van der Waals surface area contributed by atoms with Crippen molar-refractivity contribution in [2.24, 2.45) is 0 Å². The standard InChI is InChI=1S/C19H30N2O3/c1-19(2,3)24-18(22)21-12-10-20(11-13-21)14-17(15-23-4)16-8-6-5-7-9-16/h5-9,17H,10-15H2,1-4H3. The minimum Gasteiger partial charge on any atom is -0.444 e. The average molecular weight is 334 g/mol. The fourth-order valence-electron chi connectivity index (χ4n) is 2.93. The van der Waals surface area contributed by atoms with Crippen LogP contribution in [0.5, 0.6) is 0 Å². The third-order valence-electron chi connectivity index (χ3n) is 4.14. The zero-order valence-electron chi connectivity index (χ0n) is 15.3. The molecule has 0 bridgehead atoms. The Morgan fingerprint density at radius 3 is 2.29 bits per heavy atom. The number of carbonyl (C=O) groups is 1. The van der Waals surface area contributed by atoms with Crippen molar-refractivity contribution >= 4 is 6.09 Å². The van der Waals surface area contributed by atoms with E-state index in [-0.39, 0.29) is 6.09 Å². The van der Waals surface area contributed by atoms with E-state index in [4.69, 9.17) is 9.47 Å². The van der Waals surface area contributed by atoms with Crippen LogP contribution in [0.4, 0.5) is 4.79 Å². The molecule has 0 N–H and O–H groups in total. The maximum absolute atomic E-state index is 12.1. The van der Waals surface area contributed by atoms with Crippen molar-refractivity contribution in [3.05, 3.63) is 35.9 Å². The first-order chi connectivity index (χ1) is 11.4. The summed E-state index contributed by atoms with van der Waals surface area (Å²) < 4.78 is 10.9. The number of rotatable bonds is 5. The van der Waals surface area contributed by atoms with Crippen LogP contribution in [0, 0.1) is 0 Å². The number of ether oxygens (including phenoxy) is 2. The van der Waals surface area contributed by atoms with E-state index in [9.17, 15) is 4.79 Å². The Labute approximate surface area is 145 Å². The van der Waals surface area contributed by atoms with E-state index in [0.29, 0.717) is 25.6 Å². The maximum Gasteiger partial charge on any atom is 0.410 e. The van der Waals surface area contributed by atoms with Gasteiger partial charge in [0.05, 0.1) is 6.61 Å². The molecule has 1 unspecified atom stereocenters. The summed E-state index contributed by atoms with van der Waals surface area (Å²) in [5.41, 5.74) is 0.861. The van der Waals surface area contributed by atoms with Gasteiger partial charge in [0.1, 0.15) is 5.60 Å². The lowest BCUT2D eigenvalue weighted by molar-refractivity contribution is 0.0133. The molecule has 1 atom stereocenters. The van der Waals surface area contributed by atoms with Gasteiger partial charge in [-0.2, -0.15) is 0 Å². The van der Waals surface area contributed by atoms with E-state index in [0.717, 1.165) is 19.6 Å². The van der Waals surface area contributed by atoms with Gasteiger partial charge in [-0.15, -0.1) is 0 Å². The predicted octanol–water partition coefficient (Wildman–Crippen LogP) is 2.97. The number of piperazine rings is 1. The Hall–Kier alpha value is -1.59. The molecule has 134 valence electrons. The molecule has 24 heavy (non-hydrogen) atoms. The molecule has 1 saturated heterocycles. The van der Waals surface area contributed by atoms with Gasteiger partial charge in [-0.3, -0.25) is 4.90 Å². The van der Waals surface area contributed by atoms with Crippen molar-refractivity contribution in [2.45, 2.75) is 32.3 Å². The van der Waals surface area contributed by atoms with Gasteiger partial charge < -0.3 is 14.4 Å². The molecule has 0 saturated carbocycles. The van der Waals surface area contributed by atoms with Gasteiger partial charge in [0.25, 0.3) is 0 Å². The maximum atomic E-state index is 12.1. The minimum atomic E-state index is -0.439. The van der Waals surface area contributed by atoms with Crippen molar-refractivity contribution < 1.29 is 14.3 Å². The summed E-state index contributed by atoms with van der Waals surface area (Å²) in [5, 5.41) is 0. The molecule has 5 nitrogen and oxygen atoms in total. The molecule has 1 aliphatic heterocycles. The zero-order valence-corrected chi connectivity index (χ0v) is 15.3. The highest BCUT2D eigenvalue weighted by Crippen LogP contribution is 2.19. The lowest BCUT2D eigenvalue weighted by Crippen LogP contribution is -2.50. The summed E-state index contributed by atoms with van der Waals surface area (Å²) in [4.78, 5) is 16.3. The zero-order chi connectivity index (χ0) is 17.6. The molecule has 5 heteroatoms. The second kappa shape index (κ2) is 8.49. The SMILES string of the molecule is COCC(CN1CCN(C(=O)OC(C)(C)C)CC1)c1ccccc1. The van der Waals surface area contributed by atoms with Gasteiger partial charge in [-0.25, -0.2) is 4.79 Å². The summed E-state index contributed by atoms with van der Waals surface area (Å²) in [6, 6.07) is 10.5. The third kappa shape index (κ3) is 5.80. The lowest BCUT2D eigenvalue weighted by Gasteiger charge is -2.37. The summed E-state index contributed by atoms with van der Waals surface area (Å²) in [6.07, 6.45) is -0.210. The highest BCUT2D eigenvalue weighted by atomic mass is 16.6. The smallest absolute Gasteiger partial charge is 0.410 e. The molecule has 1 aromatic carbocycles. The highest BCUT2D eigenvalue weighted by Gasteiger charge is 2.27. The third-order valence-corrected chi connectivity index (χ3v) is 4.14. The fourth-order valence-corrected chi connectivity index (χ4v) is 2.93. The van der Waals surface area contributed by atoms with Gasteiger partial charge in [0, 0.05) is 45.8 Å². The molecule has 0 spiro atoms. The molecule has 1 aliphatic rings.